The Balaban J connectivity index is 2.23. The molecule has 0 saturated heterocycles. The summed E-state index contributed by atoms with van der Waals surface area (Å²) >= 11 is 0. The molecule has 3 nitrogen and oxygen atoms in total. The first-order valence-corrected chi connectivity index (χ1v) is 9.56. The molecule has 0 aromatic carbocycles. The van der Waals surface area contributed by atoms with Crippen LogP contribution in [0.1, 0.15) is 60.3 Å². The quantitative estimate of drug-likeness (QED) is 0.573. The van der Waals surface area contributed by atoms with Crippen molar-refractivity contribution in [3.8, 4) is 0 Å². The molecular formula is C22H34O3. The molecule has 2 aliphatic rings. The van der Waals surface area contributed by atoms with Gasteiger partial charge in [-0.05, 0) is 69.8 Å². The van der Waals surface area contributed by atoms with Crippen LogP contribution in [0, 0.1) is 23.7 Å². The smallest absolute Gasteiger partial charge is 0.303 e. The molecule has 1 saturated carbocycles. The van der Waals surface area contributed by atoms with Crippen molar-refractivity contribution in [2.75, 3.05) is 0 Å². The largest absolute Gasteiger partial charge is 0.458 e. The van der Waals surface area contributed by atoms with Crippen LogP contribution in [0.3, 0.4) is 0 Å². The predicted molar refractivity (Wildman–Crippen MR) is 102 cm³/mol. The zero-order valence-electron chi connectivity index (χ0n) is 16.4. The van der Waals surface area contributed by atoms with Crippen molar-refractivity contribution in [3.05, 3.63) is 35.5 Å². The van der Waals surface area contributed by atoms with E-state index in [2.05, 4.69) is 46.4 Å². The van der Waals surface area contributed by atoms with E-state index in [-0.39, 0.29) is 29.8 Å². The van der Waals surface area contributed by atoms with Crippen molar-refractivity contribution < 1.29 is 14.6 Å². The molecule has 0 aliphatic heterocycles. The van der Waals surface area contributed by atoms with E-state index in [4.69, 9.17) is 4.74 Å². The van der Waals surface area contributed by atoms with Gasteiger partial charge in [0.15, 0.2) is 0 Å². The first-order valence-electron chi connectivity index (χ1n) is 9.56. The number of carbonyl (C=O) groups excluding carboxylic acids is 1. The molecule has 0 aromatic rings. The van der Waals surface area contributed by atoms with Crippen LogP contribution >= 0.6 is 0 Å². The minimum Gasteiger partial charge on any atom is -0.458 e. The van der Waals surface area contributed by atoms with E-state index in [0.717, 1.165) is 24.8 Å². The molecule has 2 rings (SSSR count). The van der Waals surface area contributed by atoms with Crippen LogP contribution in [0.25, 0.3) is 0 Å². The maximum Gasteiger partial charge on any atom is 0.303 e. The molecular weight excluding hydrogens is 312 g/mol. The Morgan fingerprint density at radius 2 is 2.12 bits per heavy atom. The fourth-order valence-corrected chi connectivity index (χ4v) is 4.59. The molecule has 6 unspecified atom stereocenters. The summed E-state index contributed by atoms with van der Waals surface area (Å²) in [6.45, 7) is 14.3. The van der Waals surface area contributed by atoms with Crippen LogP contribution in [0.5, 0.6) is 0 Å². The van der Waals surface area contributed by atoms with Gasteiger partial charge in [0.05, 0.1) is 6.10 Å². The zero-order chi connectivity index (χ0) is 18.7. The van der Waals surface area contributed by atoms with E-state index in [1.807, 2.05) is 0 Å². The summed E-state index contributed by atoms with van der Waals surface area (Å²) in [4.78, 5) is 11.6. The number of allylic oxidation sites excluding steroid dienone is 3. The lowest BCUT2D eigenvalue weighted by Gasteiger charge is -2.32. The van der Waals surface area contributed by atoms with Gasteiger partial charge in [-0.25, -0.2) is 0 Å². The lowest BCUT2D eigenvalue weighted by Crippen LogP contribution is -2.34. The SMILES string of the molecule is C=C1C(OC(C)=O)CC(C(C)CCC=C(C)C)C(O)C2C(C)=CCC12. The highest BCUT2D eigenvalue weighted by Crippen LogP contribution is 2.48. The van der Waals surface area contributed by atoms with Gasteiger partial charge in [-0.3, -0.25) is 4.79 Å². The standard InChI is InChI=1S/C22H34O3/c1-13(2)8-7-9-14(3)19-12-20(25-17(6)23)16(5)18-11-10-15(4)21(18)22(19)24/h8,10,14,18-22,24H,5,7,9,11-12H2,1-4,6H3. The van der Waals surface area contributed by atoms with E-state index in [0.29, 0.717) is 12.3 Å². The lowest BCUT2D eigenvalue weighted by atomic mass is 9.76. The van der Waals surface area contributed by atoms with Crippen LogP contribution in [0.4, 0.5) is 0 Å². The van der Waals surface area contributed by atoms with Gasteiger partial charge in [-0.15, -0.1) is 0 Å². The van der Waals surface area contributed by atoms with E-state index in [9.17, 15) is 9.90 Å². The number of fused-ring (bicyclic) bond motifs is 1. The Hall–Kier alpha value is -1.35. The molecule has 0 radical (unpaired) electrons. The van der Waals surface area contributed by atoms with Crippen molar-refractivity contribution in [2.45, 2.75) is 72.5 Å². The Morgan fingerprint density at radius 1 is 1.44 bits per heavy atom. The van der Waals surface area contributed by atoms with E-state index in [1.54, 1.807) is 0 Å². The first kappa shape index (κ1) is 20.0. The highest BCUT2D eigenvalue weighted by atomic mass is 16.5. The van der Waals surface area contributed by atoms with Gasteiger partial charge in [0.1, 0.15) is 6.10 Å². The Bertz CT molecular complexity index is 568. The molecule has 0 spiro atoms. The third kappa shape index (κ3) is 4.63. The fraction of sp³-hybridized carbons (Fsp3) is 0.682. The Morgan fingerprint density at radius 3 is 2.72 bits per heavy atom. The average molecular weight is 347 g/mol. The monoisotopic (exact) mass is 346 g/mol. The highest BCUT2D eigenvalue weighted by Gasteiger charge is 2.46. The summed E-state index contributed by atoms with van der Waals surface area (Å²) in [5.74, 6) is 0.516. The maximum atomic E-state index is 11.6. The first-order chi connectivity index (χ1) is 11.7. The summed E-state index contributed by atoms with van der Waals surface area (Å²) < 4.78 is 5.61. The van der Waals surface area contributed by atoms with Crippen molar-refractivity contribution >= 4 is 5.97 Å². The number of aliphatic hydroxyl groups is 1. The molecule has 3 heteroatoms. The Kier molecular flexibility index (Phi) is 6.67. The second-order valence-electron chi connectivity index (χ2n) is 8.22. The third-order valence-corrected chi connectivity index (χ3v) is 6.05. The molecule has 0 aromatic heterocycles. The number of aliphatic hydroxyl groups excluding tert-OH is 1. The number of ether oxygens (including phenoxy) is 1. The van der Waals surface area contributed by atoms with Gasteiger partial charge in [-0.2, -0.15) is 0 Å². The second-order valence-corrected chi connectivity index (χ2v) is 8.22. The van der Waals surface area contributed by atoms with Gasteiger partial charge in [-0.1, -0.05) is 36.8 Å². The average Bonchev–Trinajstić information content (AvgIpc) is 2.86. The molecule has 1 N–H and O–H groups in total. The lowest BCUT2D eigenvalue weighted by molar-refractivity contribution is -0.145. The summed E-state index contributed by atoms with van der Waals surface area (Å²) in [5, 5.41) is 11.2. The van der Waals surface area contributed by atoms with Crippen molar-refractivity contribution in [1.29, 1.82) is 0 Å². The van der Waals surface area contributed by atoms with Crippen molar-refractivity contribution in [1.82, 2.24) is 0 Å². The van der Waals surface area contributed by atoms with Crippen LogP contribution in [0.15, 0.2) is 35.5 Å². The number of hydrogen-bond acceptors (Lipinski definition) is 3. The molecule has 0 amide bonds. The fourth-order valence-electron chi connectivity index (χ4n) is 4.59. The highest BCUT2D eigenvalue weighted by molar-refractivity contribution is 5.66. The second kappa shape index (κ2) is 8.35. The minimum absolute atomic E-state index is 0.114. The normalized spacial score (nSPS) is 33.1. The van der Waals surface area contributed by atoms with Gasteiger partial charge < -0.3 is 9.84 Å². The summed E-state index contributed by atoms with van der Waals surface area (Å²) in [7, 11) is 0. The Labute approximate surface area is 152 Å². The number of esters is 1. The number of carbonyl (C=O) groups is 1. The zero-order valence-corrected chi connectivity index (χ0v) is 16.4. The number of rotatable bonds is 5. The molecule has 140 valence electrons. The van der Waals surface area contributed by atoms with Crippen molar-refractivity contribution in [3.63, 3.8) is 0 Å². The molecule has 2 aliphatic carbocycles. The van der Waals surface area contributed by atoms with Crippen LogP contribution in [-0.4, -0.2) is 23.3 Å². The van der Waals surface area contributed by atoms with Crippen LogP contribution in [-0.2, 0) is 9.53 Å². The van der Waals surface area contributed by atoms with Crippen LogP contribution in [0.2, 0.25) is 0 Å². The summed E-state index contributed by atoms with van der Waals surface area (Å²) in [6.07, 6.45) is 7.41. The predicted octanol–water partition coefficient (Wildman–Crippen LogP) is 4.82. The summed E-state index contributed by atoms with van der Waals surface area (Å²) in [5.41, 5.74) is 3.56. The summed E-state index contributed by atoms with van der Waals surface area (Å²) in [6, 6.07) is 0. The molecule has 0 bridgehead atoms. The van der Waals surface area contributed by atoms with Gasteiger partial charge >= 0.3 is 5.97 Å². The van der Waals surface area contributed by atoms with E-state index >= 15 is 0 Å². The van der Waals surface area contributed by atoms with Crippen molar-refractivity contribution in [2.24, 2.45) is 23.7 Å². The maximum absolute atomic E-state index is 11.6. The van der Waals surface area contributed by atoms with Crippen LogP contribution < -0.4 is 0 Å². The van der Waals surface area contributed by atoms with Gasteiger partial charge in [0, 0.05) is 12.8 Å². The molecule has 0 heterocycles. The molecule has 25 heavy (non-hydrogen) atoms. The minimum atomic E-state index is -0.400. The van der Waals surface area contributed by atoms with E-state index in [1.165, 1.54) is 18.1 Å². The van der Waals surface area contributed by atoms with Gasteiger partial charge in [0.2, 0.25) is 0 Å². The van der Waals surface area contributed by atoms with E-state index < -0.39 is 6.10 Å². The topological polar surface area (TPSA) is 46.5 Å². The molecule has 1 fully saturated rings. The van der Waals surface area contributed by atoms with Gasteiger partial charge in [0.25, 0.3) is 0 Å². The number of hydrogen-bond donors (Lipinski definition) is 1. The molecule has 6 atom stereocenters. The third-order valence-electron chi connectivity index (χ3n) is 6.05.